The molecule has 12 nitrogen and oxygen atoms in total. The zero-order chi connectivity index (χ0) is 91.7. The lowest BCUT2D eigenvalue weighted by Gasteiger charge is -2.35. The van der Waals surface area contributed by atoms with Gasteiger partial charge < -0.3 is 39.4 Å². The van der Waals surface area contributed by atoms with Crippen LogP contribution in [0, 0.1) is 0 Å². The summed E-state index contributed by atoms with van der Waals surface area (Å²) in [4.78, 5) is 9.39. The summed E-state index contributed by atoms with van der Waals surface area (Å²) in [6.07, 6.45) is 43.7. The van der Waals surface area contributed by atoms with E-state index < -0.39 is 23.7 Å². The maximum absolute atomic E-state index is 14.6. The molecule has 0 saturated carbocycles. The van der Waals surface area contributed by atoms with Gasteiger partial charge in [-0.05, 0) is 128 Å². The number of hydrogen-bond donors (Lipinski definition) is 4. The molecule has 8 aromatic rings. The van der Waals surface area contributed by atoms with E-state index in [1.54, 1.807) is 28.4 Å². The van der Waals surface area contributed by atoms with E-state index in [0.29, 0.717) is 97.1 Å². The zero-order valence-corrected chi connectivity index (χ0v) is 82.8. The van der Waals surface area contributed by atoms with Gasteiger partial charge in [-0.15, -0.1) is 0 Å². The standard InChI is InChI=1S/C116H172N4O8/c1-17-21-25-29-33-37-41-45-61-73-93-97-77-102(114(126-14)105(109(97)121)81-117(9)85(5)89-65-53-49-54-66-89)95(75-63-47-43-39-35-31-27-23-19-3)99-79-104(116(128-16)107(111(99)123)83-119(11)87(7)91-69-57-51-58-70-91)96(76-64-48-44-40-36-32-28-24-20-4)100-80-103(115(127-15)108(112(100)124)84-120(12)88(8)92-71-59-52-60-72-92)94(74-62-46-42-38-34-30-26-22-18-2)98-78-101(93)113(125-13)106(110(98)122)82-118(10)86(6)90-67-55-50-56-68-90/h49-60,65-72,77-80,85-88,93-96,121-124H,17-48,61-64,73-76,81-84H2,1-16H3/t85-,86-,87-,88-,93?,94?,95?,96?/m0/s1. The lowest BCUT2D eigenvalue weighted by molar-refractivity contribution is 0.243. The molecule has 8 bridgehead atoms. The van der Waals surface area contributed by atoms with Gasteiger partial charge in [0.25, 0.3) is 0 Å². The molecule has 0 radical (unpaired) electrons. The maximum atomic E-state index is 14.6. The van der Waals surface area contributed by atoms with E-state index in [2.05, 4.69) is 249 Å². The van der Waals surface area contributed by atoms with E-state index in [1.807, 2.05) is 0 Å². The number of hydrogen-bond acceptors (Lipinski definition) is 12. The highest BCUT2D eigenvalue weighted by Crippen LogP contribution is 2.58. The molecule has 8 aromatic carbocycles. The third-order valence-corrected chi connectivity index (χ3v) is 29.2. The minimum absolute atomic E-state index is 0.0683. The summed E-state index contributed by atoms with van der Waals surface area (Å²) in [6.45, 7) is 19.5. The van der Waals surface area contributed by atoms with Gasteiger partial charge in [-0.3, -0.25) is 19.6 Å². The first-order chi connectivity index (χ1) is 62.3. The van der Waals surface area contributed by atoms with Crippen molar-refractivity contribution < 1.29 is 39.4 Å². The molecule has 0 fully saturated rings. The second-order valence-electron chi connectivity index (χ2n) is 38.3. The number of phenols is 4. The number of unbranched alkanes of at least 4 members (excludes halogenated alkanes) is 32. The molecule has 0 aromatic heterocycles. The number of fused-ring (bicyclic) bond motifs is 8. The average Bonchev–Trinajstić information content (AvgIpc) is 0.730. The van der Waals surface area contributed by atoms with E-state index in [4.69, 9.17) is 18.9 Å². The van der Waals surface area contributed by atoms with Crippen molar-refractivity contribution in [3.63, 3.8) is 0 Å². The topological polar surface area (TPSA) is 131 Å². The molecule has 0 amide bonds. The Morgan fingerprint density at radius 2 is 0.391 bits per heavy atom. The third kappa shape index (κ3) is 29.0. The van der Waals surface area contributed by atoms with Crippen LogP contribution in [-0.2, 0) is 26.2 Å². The Kier molecular flexibility index (Phi) is 45.4. The molecule has 12 heteroatoms. The van der Waals surface area contributed by atoms with Gasteiger partial charge in [0.1, 0.15) is 46.0 Å². The Balaban J connectivity index is 1.50. The third-order valence-electron chi connectivity index (χ3n) is 29.2. The molecular weight excluding hydrogens is 1580 g/mol. The highest BCUT2D eigenvalue weighted by molar-refractivity contribution is 5.69. The summed E-state index contributed by atoms with van der Waals surface area (Å²) in [7, 11) is 15.8. The van der Waals surface area contributed by atoms with Crippen molar-refractivity contribution in [2.24, 2.45) is 0 Å². The number of rotatable bonds is 60. The predicted octanol–water partition coefficient (Wildman–Crippen LogP) is 31.8. The van der Waals surface area contributed by atoms with Crippen molar-refractivity contribution >= 4 is 0 Å². The fourth-order valence-corrected chi connectivity index (χ4v) is 20.7. The lowest BCUT2D eigenvalue weighted by Crippen LogP contribution is -2.24. The molecule has 1 aliphatic carbocycles. The first-order valence-corrected chi connectivity index (χ1v) is 51.0. The molecule has 0 aliphatic heterocycles. The van der Waals surface area contributed by atoms with Crippen LogP contribution in [0.4, 0.5) is 0 Å². The molecule has 8 atom stereocenters. The molecule has 4 unspecified atom stereocenters. The summed E-state index contributed by atoms with van der Waals surface area (Å²) in [5.41, 5.74) is 14.1. The van der Waals surface area contributed by atoms with Crippen LogP contribution in [0.5, 0.6) is 46.0 Å². The number of aromatic hydroxyl groups is 4. The zero-order valence-electron chi connectivity index (χ0n) is 82.8. The molecule has 9 rings (SSSR count). The number of ether oxygens (including phenoxy) is 4. The average molecular weight is 1750 g/mol. The fraction of sp³-hybridized carbons (Fsp3) is 0.586. The number of methoxy groups -OCH3 is 4. The minimum atomic E-state index is -0.510. The Bertz CT molecular complexity index is 3900. The van der Waals surface area contributed by atoms with Gasteiger partial charge in [0, 0.05) is 119 Å². The second-order valence-corrected chi connectivity index (χ2v) is 38.3. The van der Waals surface area contributed by atoms with Crippen LogP contribution < -0.4 is 18.9 Å². The summed E-state index contributed by atoms with van der Waals surface area (Å²) >= 11 is 0. The SMILES string of the molecule is CCCCCCCCCCCC1c2cc(c(OC)c(CN(C)[C@@H](C)c3ccccc3)c2O)C(CCCCCCCCCCC)c2cc(c(OC)c(CN(C)[C@@H](C)c3ccccc3)c2O)C(CCCCCCCCCCC)c2cc(c(OC)c(CN(C)[C@@H](C)c3ccccc3)c2O)C(CCCCCCCCCCC)c2cc1c(OC)c(CN(C)[C@@H](C)c1ccccc1)c2O. The normalized spacial score (nSPS) is 15.6. The van der Waals surface area contributed by atoms with Crippen molar-refractivity contribution in [1.29, 1.82) is 0 Å². The van der Waals surface area contributed by atoms with Crippen LogP contribution in [0.15, 0.2) is 146 Å². The summed E-state index contributed by atoms with van der Waals surface area (Å²) < 4.78 is 28.7. The number of nitrogens with zero attached hydrogens (tertiary/aromatic N) is 4. The van der Waals surface area contributed by atoms with Gasteiger partial charge in [0.2, 0.25) is 0 Å². The molecule has 0 heterocycles. The Morgan fingerprint density at radius 1 is 0.234 bits per heavy atom. The van der Waals surface area contributed by atoms with Crippen molar-refractivity contribution in [3.8, 4) is 46.0 Å². The summed E-state index contributed by atoms with van der Waals surface area (Å²) in [5.74, 6) is 1.11. The highest BCUT2D eigenvalue weighted by Gasteiger charge is 2.40. The molecule has 128 heavy (non-hydrogen) atoms. The molecular formula is C116H172N4O8. The highest BCUT2D eigenvalue weighted by atomic mass is 16.5. The van der Waals surface area contributed by atoms with Crippen LogP contribution >= 0.6 is 0 Å². The van der Waals surface area contributed by atoms with Crippen LogP contribution in [-0.4, -0.2) is 96.7 Å². The van der Waals surface area contributed by atoms with Crippen LogP contribution in [0.25, 0.3) is 0 Å². The number of phenolic OH excluding ortho intramolecular Hbond substituents is 4. The minimum Gasteiger partial charge on any atom is -0.507 e. The molecule has 4 N–H and O–H groups in total. The van der Waals surface area contributed by atoms with E-state index in [9.17, 15) is 20.4 Å². The van der Waals surface area contributed by atoms with Gasteiger partial charge >= 0.3 is 0 Å². The van der Waals surface area contributed by atoms with Crippen molar-refractivity contribution in [2.75, 3.05) is 56.6 Å². The Labute approximate surface area is 777 Å². The van der Waals surface area contributed by atoms with Gasteiger partial charge in [-0.2, -0.15) is 0 Å². The summed E-state index contributed by atoms with van der Waals surface area (Å²) in [5, 5.41) is 58.4. The Morgan fingerprint density at radius 3 is 0.547 bits per heavy atom. The fourth-order valence-electron chi connectivity index (χ4n) is 20.7. The second kappa shape index (κ2) is 56.0. The molecule has 704 valence electrons. The molecule has 0 spiro atoms. The first kappa shape index (κ1) is 104. The van der Waals surface area contributed by atoms with Crippen molar-refractivity contribution in [3.05, 3.63) is 235 Å². The van der Waals surface area contributed by atoms with Crippen LogP contribution in [0.1, 0.15) is 449 Å². The van der Waals surface area contributed by atoms with Crippen molar-refractivity contribution in [2.45, 2.75) is 386 Å². The number of benzene rings is 8. The largest absolute Gasteiger partial charge is 0.507 e. The van der Waals surface area contributed by atoms with E-state index >= 15 is 0 Å². The summed E-state index contributed by atoms with van der Waals surface area (Å²) in [6, 6.07) is 51.8. The van der Waals surface area contributed by atoms with E-state index in [0.717, 1.165) is 169 Å². The molecule has 0 saturated heterocycles. The van der Waals surface area contributed by atoms with Crippen molar-refractivity contribution in [1.82, 2.24) is 19.6 Å². The predicted molar refractivity (Wildman–Crippen MR) is 539 cm³/mol. The van der Waals surface area contributed by atoms with Gasteiger partial charge in [-0.1, -0.05) is 380 Å². The maximum Gasteiger partial charge on any atom is 0.130 e. The molecule has 1 aliphatic rings. The van der Waals surface area contributed by atoms with Crippen LogP contribution in [0.2, 0.25) is 0 Å². The quantitative estimate of drug-likeness (QED) is 0.0271. The first-order valence-electron chi connectivity index (χ1n) is 51.0. The smallest absolute Gasteiger partial charge is 0.130 e. The van der Waals surface area contributed by atoms with Gasteiger partial charge in [-0.25, -0.2) is 0 Å². The van der Waals surface area contributed by atoms with Gasteiger partial charge in [0.05, 0.1) is 50.7 Å². The van der Waals surface area contributed by atoms with E-state index in [1.165, 1.54) is 128 Å². The van der Waals surface area contributed by atoms with Crippen LogP contribution in [0.3, 0.4) is 0 Å². The lowest BCUT2D eigenvalue weighted by atomic mass is 9.74. The monoisotopic (exact) mass is 1750 g/mol. The van der Waals surface area contributed by atoms with Gasteiger partial charge in [0.15, 0.2) is 0 Å². The van der Waals surface area contributed by atoms with E-state index in [-0.39, 0.29) is 47.2 Å². The Hall–Kier alpha value is -8.00.